The van der Waals surface area contributed by atoms with Crippen LogP contribution in [0.1, 0.15) is 17.0 Å². The number of benzene rings is 1. The summed E-state index contributed by atoms with van der Waals surface area (Å²) in [6.07, 6.45) is 0. The van der Waals surface area contributed by atoms with Crippen molar-refractivity contribution in [3.63, 3.8) is 0 Å². The minimum absolute atomic E-state index is 0.284. The molecule has 0 spiro atoms. The molecular weight excluding hydrogens is 174 g/mol. The Kier molecular flexibility index (Phi) is 2.85. The maximum absolute atomic E-state index is 9.25. The average molecular weight is 191 g/mol. The summed E-state index contributed by atoms with van der Waals surface area (Å²) in [5.41, 5.74) is 2.72. The topological polar surface area (TPSA) is 32.3 Å². The summed E-state index contributed by atoms with van der Waals surface area (Å²) in [5.74, 6) is 0.872. The highest BCUT2D eigenvalue weighted by Gasteiger charge is 2.28. The predicted octanol–water partition coefficient (Wildman–Crippen LogP) is 1.29. The first-order chi connectivity index (χ1) is 6.83. The Labute approximate surface area is 85.0 Å². The molecule has 14 heavy (non-hydrogen) atoms. The van der Waals surface area contributed by atoms with Gasteiger partial charge in [0.1, 0.15) is 0 Å². The van der Waals surface area contributed by atoms with E-state index in [9.17, 15) is 5.11 Å². The monoisotopic (exact) mass is 191 g/mol. The number of rotatable bonds is 2. The van der Waals surface area contributed by atoms with Gasteiger partial charge in [-0.3, -0.25) is 0 Å². The van der Waals surface area contributed by atoms with E-state index < -0.39 is 0 Å². The van der Waals surface area contributed by atoms with Crippen LogP contribution in [0.25, 0.3) is 0 Å². The SMILES string of the molecule is Cc1ccccc1[C@@H]1CNC[C@@H]1CO. The Morgan fingerprint density at radius 3 is 2.86 bits per heavy atom. The van der Waals surface area contributed by atoms with E-state index in [4.69, 9.17) is 0 Å². The molecule has 1 aliphatic rings. The Morgan fingerprint density at radius 1 is 1.36 bits per heavy atom. The third kappa shape index (κ3) is 1.68. The quantitative estimate of drug-likeness (QED) is 0.738. The van der Waals surface area contributed by atoms with Crippen LogP contribution in [0.2, 0.25) is 0 Å². The zero-order valence-corrected chi connectivity index (χ0v) is 8.53. The summed E-state index contributed by atoms with van der Waals surface area (Å²) in [6, 6.07) is 8.46. The molecule has 1 aromatic rings. The first kappa shape index (κ1) is 9.69. The van der Waals surface area contributed by atoms with Gasteiger partial charge in [-0.05, 0) is 18.1 Å². The summed E-state index contributed by atoms with van der Waals surface area (Å²) in [5, 5.41) is 12.6. The van der Waals surface area contributed by atoms with E-state index in [1.165, 1.54) is 11.1 Å². The smallest absolute Gasteiger partial charge is 0.0477 e. The first-order valence-corrected chi connectivity index (χ1v) is 5.20. The summed E-state index contributed by atoms with van der Waals surface area (Å²) >= 11 is 0. The van der Waals surface area contributed by atoms with Crippen LogP contribution in [-0.2, 0) is 0 Å². The van der Waals surface area contributed by atoms with Gasteiger partial charge in [-0.15, -0.1) is 0 Å². The predicted molar refractivity (Wildman–Crippen MR) is 57.4 cm³/mol. The van der Waals surface area contributed by atoms with Crippen molar-refractivity contribution >= 4 is 0 Å². The summed E-state index contributed by atoms with van der Waals surface area (Å²) in [7, 11) is 0. The third-order valence-corrected chi connectivity index (χ3v) is 3.16. The number of hydrogen-bond donors (Lipinski definition) is 2. The fourth-order valence-corrected chi connectivity index (χ4v) is 2.29. The molecule has 1 aliphatic heterocycles. The maximum Gasteiger partial charge on any atom is 0.0477 e. The Hall–Kier alpha value is -0.860. The molecule has 2 N–H and O–H groups in total. The van der Waals surface area contributed by atoms with Crippen LogP contribution < -0.4 is 5.32 Å². The van der Waals surface area contributed by atoms with Gasteiger partial charge in [0.2, 0.25) is 0 Å². The molecule has 2 heteroatoms. The highest BCUT2D eigenvalue weighted by atomic mass is 16.3. The zero-order valence-electron chi connectivity index (χ0n) is 8.53. The first-order valence-electron chi connectivity index (χ1n) is 5.20. The normalized spacial score (nSPS) is 26.7. The van der Waals surface area contributed by atoms with Gasteiger partial charge >= 0.3 is 0 Å². The molecule has 1 heterocycles. The van der Waals surface area contributed by atoms with Gasteiger partial charge in [0.15, 0.2) is 0 Å². The standard InChI is InChI=1S/C12H17NO/c1-9-4-2-3-5-11(9)12-7-13-6-10(12)8-14/h2-5,10,12-14H,6-8H2,1H3/t10-,12-/m1/s1. The van der Waals surface area contributed by atoms with Crippen LogP contribution in [0.4, 0.5) is 0 Å². The second-order valence-corrected chi connectivity index (χ2v) is 4.06. The molecule has 0 bridgehead atoms. The number of aliphatic hydroxyl groups is 1. The molecule has 2 atom stereocenters. The Bertz CT molecular complexity index is 311. The van der Waals surface area contributed by atoms with Gasteiger partial charge in [0.05, 0.1) is 0 Å². The molecule has 0 radical (unpaired) electrons. The largest absolute Gasteiger partial charge is 0.396 e. The number of nitrogens with one attached hydrogen (secondary N) is 1. The lowest BCUT2D eigenvalue weighted by Gasteiger charge is -2.18. The van der Waals surface area contributed by atoms with Gasteiger partial charge in [-0.1, -0.05) is 24.3 Å². The van der Waals surface area contributed by atoms with Gasteiger partial charge in [-0.2, -0.15) is 0 Å². The van der Waals surface area contributed by atoms with E-state index in [0.717, 1.165) is 13.1 Å². The van der Waals surface area contributed by atoms with E-state index >= 15 is 0 Å². The van der Waals surface area contributed by atoms with Crippen LogP contribution in [0, 0.1) is 12.8 Å². The fourth-order valence-electron chi connectivity index (χ4n) is 2.29. The maximum atomic E-state index is 9.25. The second-order valence-electron chi connectivity index (χ2n) is 4.06. The lowest BCUT2D eigenvalue weighted by atomic mass is 9.87. The van der Waals surface area contributed by atoms with E-state index in [-0.39, 0.29) is 6.61 Å². The van der Waals surface area contributed by atoms with Crippen molar-refractivity contribution in [1.29, 1.82) is 0 Å². The lowest BCUT2D eigenvalue weighted by Crippen LogP contribution is -2.15. The van der Waals surface area contributed by atoms with E-state index in [0.29, 0.717) is 11.8 Å². The van der Waals surface area contributed by atoms with Crippen molar-refractivity contribution in [1.82, 2.24) is 5.32 Å². The van der Waals surface area contributed by atoms with Crippen molar-refractivity contribution < 1.29 is 5.11 Å². The highest BCUT2D eigenvalue weighted by molar-refractivity contribution is 5.30. The molecule has 1 saturated heterocycles. The number of aryl methyl sites for hydroxylation is 1. The molecule has 1 aromatic carbocycles. The van der Waals surface area contributed by atoms with E-state index in [1.807, 2.05) is 0 Å². The van der Waals surface area contributed by atoms with Crippen LogP contribution in [0.5, 0.6) is 0 Å². The molecule has 76 valence electrons. The summed E-state index contributed by atoms with van der Waals surface area (Å²) in [4.78, 5) is 0. The summed E-state index contributed by atoms with van der Waals surface area (Å²) < 4.78 is 0. The average Bonchev–Trinajstić information content (AvgIpc) is 2.66. The summed E-state index contributed by atoms with van der Waals surface area (Å²) in [6.45, 7) is 4.36. The molecular formula is C12H17NO. The molecule has 0 amide bonds. The van der Waals surface area contributed by atoms with Gasteiger partial charge in [0.25, 0.3) is 0 Å². The number of hydrogen-bond acceptors (Lipinski definition) is 2. The Morgan fingerprint density at radius 2 is 2.14 bits per heavy atom. The molecule has 2 nitrogen and oxygen atoms in total. The molecule has 2 rings (SSSR count). The molecule has 0 aromatic heterocycles. The zero-order chi connectivity index (χ0) is 9.97. The lowest BCUT2D eigenvalue weighted by molar-refractivity contribution is 0.226. The fraction of sp³-hybridized carbons (Fsp3) is 0.500. The van der Waals surface area contributed by atoms with E-state index in [1.54, 1.807) is 0 Å². The highest BCUT2D eigenvalue weighted by Crippen LogP contribution is 2.29. The molecule has 0 saturated carbocycles. The molecule has 1 fully saturated rings. The Balaban J connectivity index is 2.26. The van der Waals surface area contributed by atoms with Crippen LogP contribution >= 0.6 is 0 Å². The third-order valence-electron chi connectivity index (χ3n) is 3.16. The molecule has 0 unspecified atom stereocenters. The minimum Gasteiger partial charge on any atom is -0.396 e. The van der Waals surface area contributed by atoms with Crippen LogP contribution in [-0.4, -0.2) is 24.8 Å². The van der Waals surface area contributed by atoms with Crippen LogP contribution in [0.3, 0.4) is 0 Å². The van der Waals surface area contributed by atoms with Crippen LogP contribution in [0.15, 0.2) is 24.3 Å². The second kappa shape index (κ2) is 4.11. The van der Waals surface area contributed by atoms with Crippen molar-refractivity contribution in [2.75, 3.05) is 19.7 Å². The van der Waals surface area contributed by atoms with Crippen molar-refractivity contribution in [3.05, 3.63) is 35.4 Å². The van der Waals surface area contributed by atoms with Gasteiger partial charge < -0.3 is 10.4 Å². The minimum atomic E-state index is 0.284. The van der Waals surface area contributed by atoms with E-state index in [2.05, 4.69) is 36.5 Å². The van der Waals surface area contributed by atoms with Crippen molar-refractivity contribution in [2.45, 2.75) is 12.8 Å². The van der Waals surface area contributed by atoms with Crippen molar-refractivity contribution in [2.24, 2.45) is 5.92 Å². The van der Waals surface area contributed by atoms with Gasteiger partial charge in [0, 0.05) is 31.5 Å². The number of aliphatic hydroxyl groups excluding tert-OH is 1. The molecule has 0 aliphatic carbocycles. The van der Waals surface area contributed by atoms with Gasteiger partial charge in [-0.25, -0.2) is 0 Å². The van der Waals surface area contributed by atoms with Crippen molar-refractivity contribution in [3.8, 4) is 0 Å².